The summed E-state index contributed by atoms with van der Waals surface area (Å²) >= 11 is 0. The molecule has 0 aliphatic carbocycles. The second kappa shape index (κ2) is 4.49. The normalized spacial score (nSPS) is 11.1. The van der Waals surface area contributed by atoms with Crippen LogP contribution in [0.2, 0.25) is 0 Å². The number of aromatic nitrogens is 1. The van der Waals surface area contributed by atoms with Gasteiger partial charge in [0.05, 0.1) is 0 Å². The fourth-order valence-electron chi connectivity index (χ4n) is 1.91. The number of nitrogens with one attached hydrogen (secondary N) is 2. The number of benzene rings is 1. The highest BCUT2D eigenvalue weighted by Crippen LogP contribution is 2.19. The highest BCUT2D eigenvalue weighted by atomic mass is 14.8. The molecule has 0 spiro atoms. The van der Waals surface area contributed by atoms with E-state index in [-0.39, 0.29) is 0 Å². The lowest BCUT2D eigenvalue weighted by atomic mass is 10.1. The van der Waals surface area contributed by atoms with Gasteiger partial charge in [-0.25, -0.2) is 0 Å². The molecule has 2 nitrogen and oxygen atoms in total. The van der Waals surface area contributed by atoms with E-state index in [1.54, 1.807) is 0 Å². The lowest BCUT2D eigenvalue weighted by Gasteiger charge is -2.00. The van der Waals surface area contributed by atoms with Crippen LogP contribution < -0.4 is 5.32 Å². The SMILES string of the molecule is CCNCCc1c[nH]c2cc(C)ccc12. The predicted octanol–water partition coefficient (Wildman–Crippen LogP) is 2.63. The number of fused-ring (bicyclic) bond motifs is 1. The van der Waals surface area contributed by atoms with Gasteiger partial charge in [-0.1, -0.05) is 19.1 Å². The maximum Gasteiger partial charge on any atom is 0.0459 e. The first-order valence-electron chi connectivity index (χ1n) is 5.58. The van der Waals surface area contributed by atoms with Crippen LogP contribution in [0.5, 0.6) is 0 Å². The minimum absolute atomic E-state index is 1.04. The van der Waals surface area contributed by atoms with Crippen LogP contribution in [0.15, 0.2) is 24.4 Å². The van der Waals surface area contributed by atoms with E-state index in [2.05, 4.69) is 48.5 Å². The summed E-state index contributed by atoms with van der Waals surface area (Å²) in [6.45, 7) is 6.36. The molecule has 1 aromatic heterocycles. The number of likely N-dealkylation sites (N-methyl/N-ethyl adjacent to an activating group) is 1. The zero-order valence-electron chi connectivity index (χ0n) is 9.43. The molecule has 0 aliphatic heterocycles. The Morgan fingerprint density at radius 1 is 1.33 bits per heavy atom. The third-order valence-corrected chi connectivity index (χ3v) is 2.74. The van der Waals surface area contributed by atoms with Crippen molar-refractivity contribution in [3.05, 3.63) is 35.5 Å². The predicted molar refractivity (Wildman–Crippen MR) is 65.3 cm³/mol. The Hall–Kier alpha value is -1.28. The molecular formula is C13H18N2. The van der Waals surface area contributed by atoms with E-state index < -0.39 is 0 Å². The van der Waals surface area contributed by atoms with Gasteiger partial charge >= 0.3 is 0 Å². The molecule has 1 heterocycles. The summed E-state index contributed by atoms with van der Waals surface area (Å²) in [5, 5.41) is 4.71. The molecule has 2 heteroatoms. The Kier molecular flexibility index (Phi) is 3.07. The van der Waals surface area contributed by atoms with Crippen molar-refractivity contribution < 1.29 is 0 Å². The van der Waals surface area contributed by atoms with Gasteiger partial charge < -0.3 is 10.3 Å². The number of H-pyrrole nitrogens is 1. The number of aryl methyl sites for hydroxylation is 1. The highest BCUT2D eigenvalue weighted by Gasteiger charge is 2.02. The largest absolute Gasteiger partial charge is 0.361 e. The molecule has 2 aromatic rings. The molecule has 15 heavy (non-hydrogen) atoms. The first-order chi connectivity index (χ1) is 7.31. The van der Waals surface area contributed by atoms with Crippen LogP contribution in [-0.4, -0.2) is 18.1 Å². The summed E-state index contributed by atoms with van der Waals surface area (Å²) in [5.41, 5.74) is 3.97. The highest BCUT2D eigenvalue weighted by molar-refractivity contribution is 5.83. The molecule has 2 rings (SSSR count). The Morgan fingerprint density at radius 3 is 3.00 bits per heavy atom. The van der Waals surface area contributed by atoms with Crippen LogP contribution >= 0.6 is 0 Å². The molecule has 0 aliphatic rings. The van der Waals surface area contributed by atoms with E-state index in [0.29, 0.717) is 0 Å². The Labute approximate surface area is 90.7 Å². The molecule has 0 saturated heterocycles. The molecular weight excluding hydrogens is 184 g/mol. The standard InChI is InChI=1S/C13H18N2/c1-3-14-7-6-11-9-15-13-8-10(2)4-5-12(11)13/h4-5,8-9,14-15H,3,6-7H2,1-2H3. The maximum absolute atomic E-state index is 3.35. The average Bonchev–Trinajstić information content (AvgIpc) is 2.61. The van der Waals surface area contributed by atoms with Crippen molar-refractivity contribution in [2.45, 2.75) is 20.3 Å². The lowest BCUT2D eigenvalue weighted by Crippen LogP contribution is -2.15. The monoisotopic (exact) mass is 202 g/mol. The van der Waals surface area contributed by atoms with Gasteiger partial charge in [-0.15, -0.1) is 0 Å². The van der Waals surface area contributed by atoms with E-state index in [9.17, 15) is 0 Å². The van der Waals surface area contributed by atoms with Gasteiger partial charge in [0.2, 0.25) is 0 Å². The van der Waals surface area contributed by atoms with E-state index in [1.165, 1.54) is 22.0 Å². The number of hydrogen-bond donors (Lipinski definition) is 2. The molecule has 80 valence electrons. The molecule has 1 aromatic carbocycles. The van der Waals surface area contributed by atoms with Crippen molar-refractivity contribution in [2.75, 3.05) is 13.1 Å². The Bertz CT molecular complexity index is 443. The van der Waals surface area contributed by atoms with Crippen LogP contribution in [-0.2, 0) is 6.42 Å². The van der Waals surface area contributed by atoms with E-state index in [0.717, 1.165) is 19.5 Å². The van der Waals surface area contributed by atoms with Gasteiger partial charge in [-0.3, -0.25) is 0 Å². The zero-order valence-corrected chi connectivity index (χ0v) is 9.43. The van der Waals surface area contributed by atoms with Gasteiger partial charge in [0.25, 0.3) is 0 Å². The number of hydrogen-bond acceptors (Lipinski definition) is 1. The van der Waals surface area contributed by atoms with E-state index in [1.807, 2.05) is 0 Å². The maximum atomic E-state index is 3.35. The molecule has 0 saturated carbocycles. The van der Waals surface area contributed by atoms with Crippen molar-refractivity contribution in [2.24, 2.45) is 0 Å². The summed E-state index contributed by atoms with van der Waals surface area (Å²) in [6.07, 6.45) is 3.22. The van der Waals surface area contributed by atoms with Crippen molar-refractivity contribution in [3.8, 4) is 0 Å². The van der Waals surface area contributed by atoms with E-state index >= 15 is 0 Å². The van der Waals surface area contributed by atoms with Crippen LogP contribution in [0.25, 0.3) is 10.9 Å². The van der Waals surface area contributed by atoms with Gasteiger partial charge in [0, 0.05) is 17.1 Å². The second-order valence-electron chi connectivity index (χ2n) is 3.97. The third kappa shape index (κ3) is 2.21. The molecule has 0 amide bonds. The molecule has 2 N–H and O–H groups in total. The van der Waals surface area contributed by atoms with Crippen LogP contribution in [0, 0.1) is 6.92 Å². The van der Waals surface area contributed by atoms with Crippen LogP contribution in [0.1, 0.15) is 18.1 Å². The zero-order chi connectivity index (χ0) is 10.7. The minimum Gasteiger partial charge on any atom is -0.361 e. The Morgan fingerprint density at radius 2 is 2.20 bits per heavy atom. The van der Waals surface area contributed by atoms with Gasteiger partial charge in [-0.05, 0) is 43.6 Å². The summed E-state index contributed by atoms with van der Waals surface area (Å²) in [4.78, 5) is 3.33. The molecule has 0 unspecified atom stereocenters. The number of rotatable bonds is 4. The molecule has 0 radical (unpaired) electrons. The molecule has 0 atom stereocenters. The van der Waals surface area contributed by atoms with E-state index in [4.69, 9.17) is 0 Å². The summed E-state index contributed by atoms with van der Waals surface area (Å²) in [5.74, 6) is 0. The fraction of sp³-hybridized carbons (Fsp3) is 0.385. The van der Waals surface area contributed by atoms with Crippen molar-refractivity contribution in [1.82, 2.24) is 10.3 Å². The van der Waals surface area contributed by atoms with Crippen molar-refractivity contribution in [1.29, 1.82) is 0 Å². The summed E-state index contributed by atoms with van der Waals surface area (Å²) < 4.78 is 0. The first-order valence-corrected chi connectivity index (χ1v) is 5.58. The molecule has 0 fully saturated rings. The average molecular weight is 202 g/mol. The van der Waals surface area contributed by atoms with Gasteiger partial charge in [0.15, 0.2) is 0 Å². The Balaban J connectivity index is 2.21. The smallest absolute Gasteiger partial charge is 0.0459 e. The van der Waals surface area contributed by atoms with Crippen molar-refractivity contribution in [3.63, 3.8) is 0 Å². The minimum atomic E-state index is 1.04. The summed E-state index contributed by atoms with van der Waals surface area (Å²) in [6, 6.07) is 6.58. The van der Waals surface area contributed by atoms with Gasteiger partial charge in [0.1, 0.15) is 0 Å². The van der Waals surface area contributed by atoms with Gasteiger partial charge in [-0.2, -0.15) is 0 Å². The van der Waals surface area contributed by atoms with Crippen LogP contribution in [0.3, 0.4) is 0 Å². The fourth-order valence-corrected chi connectivity index (χ4v) is 1.91. The summed E-state index contributed by atoms with van der Waals surface area (Å²) in [7, 11) is 0. The second-order valence-corrected chi connectivity index (χ2v) is 3.97. The molecule has 0 bridgehead atoms. The third-order valence-electron chi connectivity index (χ3n) is 2.74. The quantitative estimate of drug-likeness (QED) is 0.733. The first kappa shape index (κ1) is 10.2. The lowest BCUT2D eigenvalue weighted by molar-refractivity contribution is 0.718. The number of aromatic amines is 1. The topological polar surface area (TPSA) is 27.8 Å². The van der Waals surface area contributed by atoms with Crippen LogP contribution in [0.4, 0.5) is 0 Å². The van der Waals surface area contributed by atoms with Crippen molar-refractivity contribution >= 4 is 10.9 Å².